The van der Waals surface area contributed by atoms with Gasteiger partial charge in [0.25, 0.3) is 0 Å². The predicted molar refractivity (Wildman–Crippen MR) is 67.2 cm³/mol. The van der Waals surface area contributed by atoms with Gasteiger partial charge in [-0.05, 0) is 0 Å². The van der Waals surface area contributed by atoms with E-state index in [4.69, 9.17) is 0 Å². The minimum absolute atomic E-state index is 0. The first-order valence-corrected chi connectivity index (χ1v) is 6.43. The molecule has 0 amide bonds. The molecule has 2 aromatic carbocycles. The maximum absolute atomic E-state index is 2.19. The molecular formula is C14H14NaP. The summed E-state index contributed by atoms with van der Waals surface area (Å²) in [7, 11) is 1.47. The van der Waals surface area contributed by atoms with Crippen LogP contribution in [0.25, 0.3) is 0 Å². The predicted octanol–water partition coefficient (Wildman–Crippen LogP) is 1.34. The van der Waals surface area contributed by atoms with Crippen LogP contribution in [0.4, 0.5) is 0 Å². The Morgan fingerprint density at radius 3 is 1.38 bits per heavy atom. The van der Waals surface area contributed by atoms with Gasteiger partial charge in [0.2, 0.25) is 0 Å². The zero-order valence-electron chi connectivity index (χ0n) is 9.63. The van der Waals surface area contributed by atoms with E-state index in [1.54, 1.807) is 0 Å². The molecule has 0 aliphatic carbocycles. The molecule has 16 heavy (non-hydrogen) atoms. The van der Waals surface area contributed by atoms with Gasteiger partial charge in [-0.1, -0.05) is 71.8 Å². The molecule has 0 heterocycles. The van der Waals surface area contributed by atoms with Gasteiger partial charge in [-0.15, -0.1) is 0 Å². The molecule has 0 fully saturated rings. The van der Waals surface area contributed by atoms with E-state index < -0.39 is 0 Å². The third kappa shape index (κ3) is 4.80. The monoisotopic (exact) mass is 236 g/mol. The first-order valence-electron chi connectivity index (χ1n) is 5.16. The maximum atomic E-state index is 2.19. The van der Waals surface area contributed by atoms with Gasteiger partial charge in [-0.2, -0.15) is 12.3 Å². The van der Waals surface area contributed by atoms with Crippen LogP contribution in [-0.2, 0) is 12.3 Å². The first kappa shape index (κ1) is 13.9. The molecule has 0 atom stereocenters. The molecule has 0 unspecified atom stereocenters. The van der Waals surface area contributed by atoms with Crippen molar-refractivity contribution in [2.24, 2.45) is 0 Å². The molecule has 0 nitrogen and oxygen atoms in total. The van der Waals surface area contributed by atoms with E-state index in [0.29, 0.717) is 0 Å². The normalized spacial score (nSPS) is 9.50. The van der Waals surface area contributed by atoms with Crippen LogP contribution in [-0.4, -0.2) is 0 Å². The summed E-state index contributed by atoms with van der Waals surface area (Å²) in [5, 5.41) is 0. The van der Waals surface area contributed by atoms with Gasteiger partial charge < -0.3 is 8.58 Å². The number of benzene rings is 2. The third-order valence-corrected chi connectivity index (χ3v) is 3.45. The maximum Gasteiger partial charge on any atom is 1.00 e. The Morgan fingerprint density at radius 1 is 0.625 bits per heavy atom. The van der Waals surface area contributed by atoms with Crippen molar-refractivity contribution in [3.8, 4) is 0 Å². The fraction of sp³-hybridized carbons (Fsp3) is 0.143. The summed E-state index contributed by atoms with van der Waals surface area (Å²) in [4.78, 5) is 0. The van der Waals surface area contributed by atoms with E-state index in [-0.39, 0.29) is 29.6 Å². The molecule has 2 aromatic rings. The summed E-state index contributed by atoms with van der Waals surface area (Å²) in [6.45, 7) is 0. The molecule has 76 valence electrons. The van der Waals surface area contributed by atoms with Gasteiger partial charge in [0.05, 0.1) is 0 Å². The molecule has 0 aliphatic heterocycles. The minimum Gasteiger partial charge on any atom is -0.530 e. The number of hydrogen-bond acceptors (Lipinski definition) is 0. The van der Waals surface area contributed by atoms with Crippen LogP contribution in [0.15, 0.2) is 60.7 Å². The summed E-state index contributed by atoms with van der Waals surface area (Å²) >= 11 is 0. The molecule has 0 saturated carbocycles. The quantitative estimate of drug-likeness (QED) is 0.555. The van der Waals surface area contributed by atoms with Gasteiger partial charge >= 0.3 is 29.6 Å². The molecular weight excluding hydrogens is 222 g/mol. The van der Waals surface area contributed by atoms with Crippen molar-refractivity contribution in [3.63, 3.8) is 0 Å². The first-order chi connectivity index (χ1) is 7.45. The second-order valence-electron chi connectivity index (χ2n) is 3.51. The van der Waals surface area contributed by atoms with E-state index >= 15 is 0 Å². The van der Waals surface area contributed by atoms with E-state index in [9.17, 15) is 0 Å². The summed E-state index contributed by atoms with van der Waals surface area (Å²) in [6, 6.07) is 21.3. The van der Waals surface area contributed by atoms with Crippen molar-refractivity contribution in [1.29, 1.82) is 0 Å². The molecule has 0 radical (unpaired) electrons. The molecule has 0 aliphatic rings. The Bertz CT molecular complexity index is 346. The minimum atomic E-state index is 0. The Morgan fingerprint density at radius 2 is 1.00 bits per heavy atom. The van der Waals surface area contributed by atoms with Gasteiger partial charge in [0.1, 0.15) is 0 Å². The SMILES string of the molecule is [Na+].c1ccc(C[P-]Cc2ccccc2)cc1. The number of hydrogen-bond donors (Lipinski definition) is 0. The Labute approximate surface area is 122 Å². The zero-order chi connectivity index (χ0) is 10.3. The Hall–Kier alpha value is -0.130. The molecule has 2 heteroatoms. The molecule has 2 rings (SSSR count). The van der Waals surface area contributed by atoms with Gasteiger partial charge in [0, 0.05) is 0 Å². The van der Waals surface area contributed by atoms with Crippen LogP contribution in [0.3, 0.4) is 0 Å². The van der Waals surface area contributed by atoms with Crippen LogP contribution in [0.1, 0.15) is 11.1 Å². The van der Waals surface area contributed by atoms with Crippen LogP contribution in [0.2, 0.25) is 0 Å². The van der Waals surface area contributed by atoms with Crippen LogP contribution in [0.5, 0.6) is 0 Å². The van der Waals surface area contributed by atoms with Crippen molar-refractivity contribution in [2.75, 3.05) is 0 Å². The Kier molecular flexibility index (Phi) is 7.00. The molecule has 0 spiro atoms. The van der Waals surface area contributed by atoms with Gasteiger partial charge in [-0.25, -0.2) is 0 Å². The summed E-state index contributed by atoms with van der Waals surface area (Å²) in [5.74, 6) is 0. The average molecular weight is 236 g/mol. The van der Waals surface area contributed by atoms with Crippen molar-refractivity contribution in [3.05, 3.63) is 71.8 Å². The second-order valence-corrected chi connectivity index (χ2v) is 4.59. The van der Waals surface area contributed by atoms with E-state index in [1.807, 2.05) is 0 Å². The average Bonchev–Trinajstić information content (AvgIpc) is 2.32. The fourth-order valence-corrected chi connectivity index (χ4v) is 2.53. The molecule has 0 aromatic heterocycles. The number of rotatable bonds is 4. The topological polar surface area (TPSA) is 0 Å². The van der Waals surface area contributed by atoms with Crippen molar-refractivity contribution in [1.82, 2.24) is 0 Å². The van der Waals surface area contributed by atoms with Crippen molar-refractivity contribution in [2.45, 2.75) is 12.3 Å². The molecule has 0 N–H and O–H groups in total. The molecule has 0 bridgehead atoms. The van der Waals surface area contributed by atoms with E-state index in [2.05, 4.69) is 60.7 Å². The largest absolute Gasteiger partial charge is 1.00 e. The summed E-state index contributed by atoms with van der Waals surface area (Å²) in [5.41, 5.74) is 2.85. The van der Waals surface area contributed by atoms with Crippen LogP contribution < -0.4 is 29.6 Å². The standard InChI is InChI=1S/C14H14P.Na/c1-3-7-13(8-4-1)11-15-12-14-9-5-2-6-10-14;/h1-10H,11-12H2;/q-1;+1. The van der Waals surface area contributed by atoms with Crippen LogP contribution in [0, 0.1) is 0 Å². The van der Waals surface area contributed by atoms with Gasteiger partial charge in [-0.3, -0.25) is 0 Å². The van der Waals surface area contributed by atoms with Crippen LogP contribution >= 0.6 is 8.58 Å². The smallest absolute Gasteiger partial charge is 0.530 e. The van der Waals surface area contributed by atoms with E-state index in [1.165, 1.54) is 19.7 Å². The van der Waals surface area contributed by atoms with E-state index in [0.717, 1.165) is 12.3 Å². The molecule has 0 saturated heterocycles. The summed E-state index contributed by atoms with van der Waals surface area (Å²) < 4.78 is 0. The Balaban J connectivity index is 0.00000128. The fourth-order valence-electron chi connectivity index (χ4n) is 1.48. The zero-order valence-corrected chi connectivity index (χ0v) is 12.5. The van der Waals surface area contributed by atoms with Gasteiger partial charge in [0.15, 0.2) is 0 Å². The van der Waals surface area contributed by atoms with Crippen molar-refractivity contribution < 1.29 is 29.6 Å². The third-order valence-electron chi connectivity index (χ3n) is 2.27. The van der Waals surface area contributed by atoms with Crippen molar-refractivity contribution >= 4 is 8.58 Å². The summed E-state index contributed by atoms with van der Waals surface area (Å²) in [6.07, 6.45) is 2.30. The second kappa shape index (κ2) is 8.03.